The van der Waals surface area contributed by atoms with Gasteiger partial charge in [0.1, 0.15) is 3.70 Å². The van der Waals surface area contributed by atoms with E-state index in [-0.39, 0.29) is 0 Å². The highest BCUT2D eigenvalue weighted by Gasteiger charge is 2.07. The Bertz CT molecular complexity index is 505. The van der Waals surface area contributed by atoms with E-state index in [1.807, 2.05) is 12.1 Å². The third-order valence-corrected chi connectivity index (χ3v) is 4.29. The second kappa shape index (κ2) is 5.12. The number of aromatic nitrogens is 2. The third-order valence-electron chi connectivity index (χ3n) is 2.04. The molecule has 0 unspecified atom stereocenters. The van der Waals surface area contributed by atoms with E-state index in [1.165, 1.54) is 0 Å². The molecule has 2 nitrogen and oxygen atoms in total. The van der Waals surface area contributed by atoms with Crippen LogP contribution >= 0.6 is 57.4 Å². The molecule has 1 heterocycles. The summed E-state index contributed by atoms with van der Waals surface area (Å²) in [4.78, 5) is 0. The summed E-state index contributed by atoms with van der Waals surface area (Å²) in [5.41, 5.74) is 0.921. The van der Waals surface area contributed by atoms with Crippen LogP contribution in [0.15, 0.2) is 24.4 Å². The molecule has 0 bridgehead atoms. The lowest BCUT2D eigenvalue weighted by Crippen LogP contribution is -2.01. The summed E-state index contributed by atoms with van der Waals surface area (Å²) in [6.07, 6.45) is 1.76. The van der Waals surface area contributed by atoms with Crippen LogP contribution in [0.3, 0.4) is 0 Å². The molecule has 0 N–H and O–H groups in total. The average molecular weight is 387 g/mol. The van der Waals surface area contributed by atoms with Crippen molar-refractivity contribution in [1.82, 2.24) is 9.78 Å². The lowest BCUT2D eigenvalue weighted by atomic mass is 10.2. The molecule has 1 aromatic carbocycles. The van der Waals surface area contributed by atoms with Crippen LogP contribution in [0.5, 0.6) is 0 Å². The first-order chi connectivity index (χ1) is 7.58. The average Bonchev–Trinajstić information content (AvgIpc) is 2.54. The maximum absolute atomic E-state index is 6.08. The number of halogens is 4. The zero-order valence-electron chi connectivity index (χ0n) is 7.92. The largest absolute Gasteiger partial charge is 0.266 e. The van der Waals surface area contributed by atoms with Gasteiger partial charge in [0, 0.05) is 6.20 Å². The topological polar surface area (TPSA) is 17.8 Å². The van der Waals surface area contributed by atoms with Gasteiger partial charge in [0.15, 0.2) is 0 Å². The zero-order chi connectivity index (χ0) is 11.7. The predicted octanol–water partition coefficient (Wildman–Crippen LogP) is 4.50. The van der Waals surface area contributed by atoms with E-state index >= 15 is 0 Å². The van der Waals surface area contributed by atoms with Crippen molar-refractivity contribution in [2.24, 2.45) is 0 Å². The molecule has 0 amide bonds. The molecular formula is C10H6Cl3IN2. The number of hydrogen-bond donors (Lipinski definition) is 0. The Balaban J connectivity index is 2.30. The Labute approximate surface area is 122 Å². The molecule has 0 fully saturated rings. The molecule has 0 saturated heterocycles. The summed E-state index contributed by atoms with van der Waals surface area (Å²) in [5, 5.41) is 5.99. The van der Waals surface area contributed by atoms with E-state index in [0.717, 1.165) is 9.26 Å². The van der Waals surface area contributed by atoms with Crippen LogP contribution in [0.25, 0.3) is 0 Å². The summed E-state index contributed by atoms with van der Waals surface area (Å²) in [5.74, 6) is 0. The van der Waals surface area contributed by atoms with Gasteiger partial charge in [-0.05, 0) is 34.2 Å². The van der Waals surface area contributed by atoms with Gasteiger partial charge in [0.2, 0.25) is 0 Å². The third kappa shape index (κ3) is 2.64. The monoisotopic (exact) mass is 386 g/mol. The van der Waals surface area contributed by atoms with Crippen molar-refractivity contribution < 1.29 is 0 Å². The quantitative estimate of drug-likeness (QED) is 0.694. The minimum Gasteiger partial charge on any atom is -0.266 e. The van der Waals surface area contributed by atoms with Crippen molar-refractivity contribution >= 4 is 57.4 Å². The van der Waals surface area contributed by atoms with Gasteiger partial charge in [0.05, 0.1) is 21.6 Å². The fourth-order valence-corrected chi connectivity index (χ4v) is 2.25. The van der Waals surface area contributed by atoms with E-state index in [1.54, 1.807) is 16.9 Å². The number of benzene rings is 1. The maximum atomic E-state index is 6.08. The van der Waals surface area contributed by atoms with Gasteiger partial charge < -0.3 is 0 Å². The Hall–Kier alpha value is 0.0300. The van der Waals surface area contributed by atoms with E-state index in [4.69, 9.17) is 34.8 Å². The smallest absolute Gasteiger partial charge is 0.141 e. The standard InChI is InChI=1S/C10H6Cl3IN2/c11-7-3-1-2-6(9(7)13)4-16-5-8(12)10(14)15-16/h1-3,5H,4H2. The van der Waals surface area contributed by atoms with E-state index in [9.17, 15) is 0 Å². The van der Waals surface area contributed by atoms with Gasteiger partial charge in [-0.3, -0.25) is 4.68 Å². The molecule has 0 radical (unpaired) electrons. The second-order valence-electron chi connectivity index (χ2n) is 3.18. The van der Waals surface area contributed by atoms with Crippen molar-refractivity contribution in [2.45, 2.75) is 6.54 Å². The van der Waals surface area contributed by atoms with E-state index in [0.29, 0.717) is 21.6 Å². The van der Waals surface area contributed by atoms with Gasteiger partial charge in [0.25, 0.3) is 0 Å². The maximum Gasteiger partial charge on any atom is 0.141 e. The molecule has 0 spiro atoms. The van der Waals surface area contributed by atoms with Crippen LogP contribution < -0.4 is 0 Å². The van der Waals surface area contributed by atoms with Crippen LogP contribution in [0, 0.1) is 3.70 Å². The molecule has 0 aliphatic heterocycles. The van der Waals surface area contributed by atoms with E-state index < -0.39 is 0 Å². The summed E-state index contributed by atoms with van der Waals surface area (Å²) in [7, 11) is 0. The van der Waals surface area contributed by atoms with Gasteiger partial charge in [-0.1, -0.05) is 46.9 Å². The number of rotatable bonds is 2. The van der Waals surface area contributed by atoms with Gasteiger partial charge in [-0.2, -0.15) is 5.10 Å². The van der Waals surface area contributed by atoms with Gasteiger partial charge >= 0.3 is 0 Å². The lowest BCUT2D eigenvalue weighted by molar-refractivity contribution is 0.681. The Morgan fingerprint density at radius 1 is 1.19 bits per heavy atom. The highest BCUT2D eigenvalue weighted by Crippen LogP contribution is 2.26. The first kappa shape index (κ1) is 12.5. The predicted molar refractivity (Wildman–Crippen MR) is 75.5 cm³/mol. The Kier molecular flexibility index (Phi) is 4.00. The second-order valence-corrected chi connectivity index (χ2v) is 5.39. The molecule has 0 aliphatic carbocycles. The Morgan fingerprint density at radius 2 is 1.94 bits per heavy atom. The fraction of sp³-hybridized carbons (Fsp3) is 0.100. The minimum absolute atomic E-state index is 0.548. The van der Waals surface area contributed by atoms with Crippen LogP contribution in [0.4, 0.5) is 0 Å². The van der Waals surface area contributed by atoms with Crippen LogP contribution in [0.1, 0.15) is 5.56 Å². The molecule has 0 saturated carbocycles. The highest BCUT2D eigenvalue weighted by molar-refractivity contribution is 14.1. The van der Waals surface area contributed by atoms with Crippen LogP contribution in [-0.4, -0.2) is 9.78 Å². The molecule has 84 valence electrons. The molecule has 2 rings (SSSR count). The summed E-state index contributed by atoms with van der Waals surface area (Å²) in [6, 6.07) is 5.53. The number of nitrogens with zero attached hydrogens (tertiary/aromatic N) is 2. The van der Waals surface area contributed by atoms with Crippen LogP contribution in [-0.2, 0) is 6.54 Å². The normalized spacial score (nSPS) is 10.8. The minimum atomic E-state index is 0.548. The van der Waals surface area contributed by atoms with Crippen LogP contribution in [0.2, 0.25) is 15.1 Å². The first-order valence-corrected chi connectivity index (χ1v) is 6.60. The molecular weight excluding hydrogens is 381 g/mol. The number of hydrogen-bond acceptors (Lipinski definition) is 1. The molecule has 6 heteroatoms. The van der Waals surface area contributed by atoms with Crippen molar-refractivity contribution in [3.63, 3.8) is 0 Å². The molecule has 1 aromatic heterocycles. The van der Waals surface area contributed by atoms with Gasteiger partial charge in [-0.15, -0.1) is 0 Å². The van der Waals surface area contributed by atoms with Crippen molar-refractivity contribution in [2.75, 3.05) is 0 Å². The fourth-order valence-electron chi connectivity index (χ4n) is 1.30. The molecule has 2 aromatic rings. The molecule has 0 aliphatic rings. The molecule has 16 heavy (non-hydrogen) atoms. The lowest BCUT2D eigenvalue weighted by Gasteiger charge is -2.05. The van der Waals surface area contributed by atoms with Crippen molar-refractivity contribution in [3.8, 4) is 0 Å². The highest BCUT2D eigenvalue weighted by atomic mass is 127. The zero-order valence-corrected chi connectivity index (χ0v) is 12.3. The summed E-state index contributed by atoms with van der Waals surface area (Å²) in [6.45, 7) is 0.558. The van der Waals surface area contributed by atoms with E-state index in [2.05, 4.69) is 27.7 Å². The summed E-state index contributed by atoms with van der Waals surface area (Å²) < 4.78 is 2.51. The summed E-state index contributed by atoms with van der Waals surface area (Å²) >= 11 is 20.0. The SMILES string of the molecule is Clc1cn(Cc2cccc(Cl)c2Cl)nc1I. The van der Waals surface area contributed by atoms with Gasteiger partial charge in [-0.25, -0.2) is 0 Å². The van der Waals surface area contributed by atoms with Crippen molar-refractivity contribution in [1.29, 1.82) is 0 Å². The molecule has 0 atom stereocenters. The first-order valence-electron chi connectivity index (χ1n) is 4.39. The van der Waals surface area contributed by atoms with Crippen molar-refractivity contribution in [3.05, 3.63) is 48.7 Å². The Morgan fingerprint density at radius 3 is 2.56 bits per heavy atom.